The number of para-hydroxylation sites is 3. The average Bonchev–Trinajstić information content (AvgIpc) is 3.68. The first-order valence-corrected chi connectivity index (χ1v) is 16.5. The number of benzene rings is 8. The first-order valence-electron chi connectivity index (χ1n) is 16.5. The fraction of sp³-hybridized carbons (Fsp3) is 0. The second-order valence-corrected chi connectivity index (χ2v) is 12.6. The zero-order chi connectivity index (χ0) is 31.6. The van der Waals surface area contributed by atoms with Crippen LogP contribution in [0.2, 0.25) is 0 Å². The van der Waals surface area contributed by atoms with Crippen LogP contribution in [0.1, 0.15) is 0 Å². The van der Waals surface area contributed by atoms with E-state index < -0.39 is 0 Å². The predicted octanol–water partition coefficient (Wildman–Crippen LogP) is 12.4. The molecule has 0 N–H and O–H groups in total. The van der Waals surface area contributed by atoms with Gasteiger partial charge in [-0.05, 0) is 69.9 Å². The van der Waals surface area contributed by atoms with Crippen LogP contribution in [0.25, 0.3) is 88.0 Å². The highest BCUT2D eigenvalue weighted by atomic mass is 15.0. The largest absolute Gasteiger partial charge is 0.309 e. The number of nitrogens with zero attached hydrogens (tertiary/aromatic N) is 2. The Balaban J connectivity index is 1.29. The fourth-order valence-corrected chi connectivity index (χ4v) is 7.80. The van der Waals surface area contributed by atoms with E-state index >= 15 is 0 Å². The Bertz CT molecular complexity index is 2830. The smallest absolute Gasteiger partial charge is 0.0619 e. The minimum atomic E-state index is 1.16. The van der Waals surface area contributed by atoms with Crippen LogP contribution in [-0.2, 0) is 0 Å². The molecule has 0 aliphatic carbocycles. The molecule has 0 unspecified atom stereocenters. The molecule has 2 nitrogen and oxygen atoms in total. The molecule has 0 radical (unpaired) electrons. The topological polar surface area (TPSA) is 9.86 Å². The normalized spacial score (nSPS) is 11.8. The average molecular weight is 611 g/mol. The summed E-state index contributed by atoms with van der Waals surface area (Å²) in [6, 6.07) is 66.2. The molecule has 0 saturated carbocycles. The zero-order valence-electron chi connectivity index (χ0n) is 26.2. The lowest BCUT2D eigenvalue weighted by Crippen LogP contribution is -1.96. The first-order chi connectivity index (χ1) is 23.8. The highest BCUT2D eigenvalue weighted by molar-refractivity contribution is 6.20. The number of aromatic nitrogens is 2. The van der Waals surface area contributed by atoms with Gasteiger partial charge in [-0.3, -0.25) is 0 Å². The van der Waals surface area contributed by atoms with Crippen molar-refractivity contribution in [3.63, 3.8) is 0 Å². The molecule has 224 valence electrons. The van der Waals surface area contributed by atoms with Gasteiger partial charge in [0.25, 0.3) is 0 Å². The summed E-state index contributed by atoms with van der Waals surface area (Å²) in [6.07, 6.45) is 0. The third-order valence-electron chi connectivity index (χ3n) is 9.89. The molecule has 0 atom stereocenters. The van der Waals surface area contributed by atoms with E-state index in [1.54, 1.807) is 0 Å². The van der Waals surface area contributed by atoms with E-state index in [9.17, 15) is 0 Å². The van der Waals surface area contributed by atoms with Crippen molar-refractivity contribution in [2.24, 2.45) is 0 Å². The molecule has 10 aromatic rings. The molecule has 0 bridgehead atoms. The van der Waals surface area contributed by atoms with Crippen molar-refractivity contribution < 1.29 is 0 Å². The standard InChI is InChI=1S/C46H30N2/c1-2-13-31(14-3-1)34-17-10-18-35(29-34)47-43-25-9-7-20-41(43)45-38(21-12-26-44(45)47)40-23-11-22-39-37-19-6-8-24-42(37)48(46(39)40)36-28-27-32-15-4-5-16-33(32)30-36/h1-30H. The van der Waals surface area contributed by atoms with Crippen molar-refractivity contribution in [3.8, 4) is 33.6 Å². The van der Waals surface area contributed by atoms with E-state index in [4.69, 9.17) is 0 Å². The molecular formula is C46H30N2. The van der Waals surface area contributed by atoms with E-state index in [0.717, 1.165) is 5.69 Å². The Hall–Kier alpha value is -6.38. The van der Waals surface area contributed by atoms with Crippen molar-refractivity contribution >= 4 is 54.4 Å². The van der Waals surface area contributed by atoms with Gasteiger partial charge < -0.3 is 9.13 Å². The first kappa shape index (κ1) is 26.8. The van der Waals surface area contributed by atoms with E-state index in [1.807, 2.05) is 0 Å². The van der Waals surface area contributed by atoms with E-state index in [2.05, 4.69) is 191 Å². The molecule has 2 aromatic heterocycles. The van der Waals surface area contributed by atoms with Crippen LogP contribution < -0.4 is 0 Å². The SMILES string of the molecule is c1ccc(-c2cccc(-n3c4ccccc4c4c(-c5cccc6c7ccccc7n(-c7ccc8ccccc8c7)c56)cccc43)c2)cc1. The van der Waals surface area contributed by atoms with Gasteiger partial charge in [-0.15, -0.1) is 0 Å². The summed E-state index contributed by atoms with van der Waals surface area (Å²) in [5.41, 5.74) is 12.0. The lowest BCUT2D eigenvalue weighted by atomic mass is 9.97. The number of hydrogen-bond donors (Lipinski definition) is 0. The highest BCUT2D eigenvalue weighted by Crippen LogP contribution is 2.44. The Morgan fingerprint density at radius 1 is 0.312 bits per heavy atom. The van der Waals surface area contributed by atoms with Gasteiger partial charge in [0.1, 0.15) is 0 Å². The van der Waals surface area contributed by atoms with Crippen LogP contribution in [0.4, 0.5) is 0 Å². The van der Waals surface area contributed by atoms with Gasteiger partial charge in [-0.25, -0.2) is 0 Å². The van der Waals surface area contributed by atoms with Crippen LogP contribution >= 0.6 is 0 Å². The Kier molecular flexibility index (Phi) is 5.91. The Morgan fingerprint density at radius 2 is 0.917 bits per heavy atom. The number of fused-ring (bicyclic) bond motifs is 7. The van der Waals surface area contributed by atoms with Gasteiger partial charge in [0.05, 0.1) is 22.1 Å². The van der Waals surface area contributed by atoms with Gasteiger partial charge in [-0.1, -0.05) is 140 Å². The maximum Gasteiger partial charge on any atom is 0.0619 e. The Labute approximate surface area is 278 Å². The van der Waals surface area contributed by atoms with E-state index in [0.29, 0.717) is 0 Å². The predicted molar refractivity (Wildman–Crippen MR) is 203 cm³/mol. The number of hydrogen-bond acceptors (Lipinski definition) is 0. The summed E-state index contributed by atoms with van der Waals surface area (Å²) < 4.78 is 4.90. The summed E-state index contributed by atoms with van der Waals surface area (Å²) >= 11 is 0. The second kappa shape index (κ2) is 10.6. The minimum Gasteiger partial charge on any atom is -0.309 e. The molecule has 0 fully saturated rings. The molecule has 0 spiro atoms. The molecule has 0 aliphatic heterocycles. The van der Waals surface area contributed by atoms with Gasteiger partial charge >= 0.3 is 0 Å². The van der Waals surface area contributed by atoms with Crippen LogP contribution in [0.15, 0.2) is 182 Å². The second-order valence-electron chi connectivity index (χ2n) is 12.6. The Morgan fingerprint density at radius 3 is 1.79 bits per heavy atom. The monoisotopic (exact) mass is 610 g/mol. The van der Waals surface area contributed by atoms with Gasteiger partial charge in [0, 0.05) is 38.5 Å². The van der Waals surface area contributed by atoms with E-state index in [1.165, 1.54) is 82.3 Å². The molecule has 10 rings (SSSR count). The van der Waals surface area contributed by atoms with Crippen LogP contribution in [0.3, 0.4) is 0 Å². The van der Waals surface area contributed by atoms with Crippen molar-refractivity contribution in [3.05, 3.63) is 182 Å². The molecular weight excluding hydrogens is 581 g/mol. The molecule has 2 heteroatoms. The maximum atomic E-state index is 2.47. The minimum absolute atomic E-state index is 1.16. The molecule has 48 heavy (non-hydrogen) atoms. The molecule has 8 aromatic carbocycles. The summed E-state index contributed by atoms with van der Waals surface area (Å²) in [4.78, 5) is 0. The number of rotatable bonds is 4. The lowest BCUT2D eigenvalue weighted by Gasteiger charge is -2.14. The van der Waals surface area contributed by atoms with Gasteiger partial charge in [0.15, 0.2) is 0 Å². The lowest BCUT2D eigenvalue weighted by molar-refractivity contribution is 1.18. The molecule has 2 heterocycles. The molecule has 0 saturated heterocycles. The highest BCUT2D eigenvalue weighted by Gasteiger charge is 2.21. The quantitative estimate of drug-likeness (QED) is 0.188. The van der Waals surface area contributed by atoms with Crippen molar-refractivity contribution in [2.75, 3.05) is 0 Å². The third-order valence-corrected chi connectivity index (χ3v) is 9.89. The van der Waals surface area contributed by atoms with Crippen LogP contribution in [0, 0.1) is 0 Å². The summed E-state index contributed by atoms with van der Waals surface area (Å²) in [5.74, 6) is 0. The third kappa shape index (κ3) is 4.00. The summed E-state index contributed by atoms with van der Waals surface area (Å²) in [6.45, 7) is 0. The molecule has 0 aliphatic rings. The van der Waals surface area contributed by atoms with Crippen LogP contribution in [-0.4, -0.2) is 9.13 Å². The van der Waals surface area contributed by atoms with Crippen LogP contribution in [0.5, 0.6) is 0 Å². The zero-order valence-corrected chi connectivity index (χ0v) is 26.2. The van der Waals surface area contributed by atoms with Crippen molar-refractivity contribution in [2.45, 2.75) is 0 Å². The summed E-state index contributed by atoms with van der Waals surface area (Å²) in [7, 11) is 0. The van der Waals surface area contributed by atoms with E-state index in [-0.39, 0.29) is 0 Å². The fourth-order valence-electron chi connectivity index (χ4n) is 7.80. The summed E-state index contributed by atoms with van der Waals surface area (Å²) in [5, 5.41) is 7.51. The van der Waals surface area contributed by atoms with Crippen molar-refractivity contribution in [1.29, 1.82) is 0 Å². The maximum absolute atomic E-state index is 2.47. The molecule has 0 amide bonds. The van der Waals surface area contributed by atoms with Crippen molar-refractivity contribution in [1.82, 2.24) is 9.13 Å². The van der Waals surface area contributed by atoms with Gasteiger partial charge in [0.2, 0.25) is 0 Å². The van der Waals surface area contributed by atoms with Gasteiger partial charge in [-0.2, -0.15) is 0 Å².